The average Bonchev–Trinajstić information content (AvgIpc) is 3.34. The Morgan fingerprint density at radius 1 is 1.09 bits per heavy atom. The van der Waals surface area contributed by atoms with Crippen LogP contribution in [-0.4, -0.2) is 64.2 Å². The van der Waals surface area contributed by atoms with Crippen LogP contribution in [0, 0.1) is 24.7 Å². The Bertz CT molecular complexity index is 1590. The second-order valence-corrected chi connectivity index (χ2v) is 13.5. The molecule has 1 spiro atoms. The van der Waals surface area contributed by atoms with Crippen molar-refractivity contribution in [2.45, 2.75) is 82.1 Å². The highest BCUT2D eigenvalue weighted by Gasteiger charge is 2.73. The lowest BCUT2D eigenvalue weighted by Crippen LogP contribution is -2.78. The molecule has 1 amide bonds. The molecular formula is C38H42N2O3. The molecule has 43 heavy (non-hydrogen) atoms. The highest BCUT2D eigenvalue weighted by atomic mass is 16.5. The summed E-state index contributed by atoms with van der Waals surface area (Å²) in [7, 11) is 0. The summed E-state index contributed by atoms with van der Waals surface area (Å²) in [6.07, 6.45) is 3.65. The Labute approximate surface area is 255 Å². The fourth-order valence-corrected chi connectivity index (χ4v) is 8.76. The summed E-state index contributed by atoms with van der Waals surface area (Å²) >= 11 is 0. The summed E-state index contributed by atoms with van der Waals surface area (Å²) in [5.74, 6) is 7.12. The molecule has 3 aromatic carbocycles. The van der Waals surface area contributed by atoms with E-state index in [-0.39, 0.29) is 30.0 Å². The largest absolute Gasteiger partial charge is 0.487 e. The number of benzene rings is 3. The fourth-order valence-electron chi connectivity index (χ4n) is 8.76. The van der Waals surface area contributed by atoms with E-state index in [4.69, 9.17) is 4.74 Å². The Morgan fingerprint density at radius 2 is 1.91 bits per heavy atom. The first-order chi connectivity index (χ1) is 20.8. The van der Waals surface area contributed by atoms with Gasteiger partial charge < -0.3 is 14.7 Å². The molecule has 5 heteroatoms. The lowest BCUT2D eigenvalue weighted by atomic mass is 9.48. The number of piperidine rings is 1. The number of hydrogen-bond acceptors (Lipinski definition) is 4. The van der Waals surface area contributed by atoms with E-state index in [1.807, 2.05) is 36.1 Å². The third kappa shape index (κ3) is 4.58. The zero-order valence-electron chi connectivity index (χ0n) is 25.6. The second kappa shape index (κ2) is 10.8. The zero-order valence-corrected chi connectivity index (χ0v) is 25.6. The maximum Gasteiger partial charge on any atom is 0.299 e. The van der Waals surface area contributed by atoms with Crippen LogP contribution in [0.2, 0.25) is 0 Å². The van der Waals surface area contributed by atoms with Crippen LogP contribution >= 0.6 is 0 Å². The van der Waals surface area contributed by atoms with Gasteiger partial charge >= 0.3 is 0 Å². The van der Waals surface area contributed by atoms with Crippen LogP contribution in [0.5, 0.6) is 5.75 Å². The maximum atomic E-state index is 13.9. The first-order valence-corrected chi connectivity index (χ1v) is 16.0. The standard InChI is InChI=1S/C38H42N2O3/c1-26(2)25-40(34(41)16-15-29-12-7-9-27(3)23-29)31-17-19-38(42)33-24-30-13-8-14-32-35(30)37(38,36(31)43-32)20-22-39(33)21-18-28-10-5-4-6-11-28/h4-14,23,26,31,33,36,42H,17-22,24-25H2,1-3H3/t31-,33+,36-,37-,38+/m0/s1. The molecule has 2 aliphatic carbocycles. The van der Waals surface area contributed by atoms with Crippen molar-refractivity contribution in [1.29, 1.82) is 0 Å². The fraction of sp³-hybridized carbons (Fsp3) is 0.447. The Hall–Kier alpha value is -3.59. The van der Waals surface area contributed by atoms with Crippen molar-refractivity contribution in [3.05, 3.63) is 101 Å². The smallest absolute Gasteiger partial charge is 0.299 e. The molecule has 222 valence electrons. The summed E-state index contributed by atoms with van der Waals surface area (Å²) in [4.78, 5) is 18.4. The van der Waals surface area contributed by atoms with Crippen molar-refractivity contribution < 1.29 is 14.6 Å². The van der Waals surface area contributed by atoms with Gasteiger partial charge in [0, 0.05) is 36.2 Å². The zero-order chi connectivity index (χ0) is 29.8. The molecule has 1 N–H and O–H groups in total. The van der Waals surface area contributed by atoms with Gasteiger partial charge in [0.2, 0.25) is 0 Å². The number of ether oxygens (including phenoxy) is 1. The van der Waals surface area contributed by atoms with Crippen molar-refractivity contribution in [3.63, 3.8) is 0 Å². The van der Waals surface area contributed by atoms with Crippen molar-refractivity contribution in [3.8, 4) is 17.6 Å². The quantitative estimate of drug-likeness (QED) is 0.406. The molecule has 1 saturated heterocycles. The third-order valence-corrected chi connectivity index (χ3v) is 10.5. The highest BCUT2D eigenvalue weighted by Crippen LogP contribution is 2.64. The van der Waals surface area contributed by atoms with Crippen molar-refractivity contribution >= 4 is 5.91 Å². The lowest BCUT2D eigenvalue weighted by Gasteiger charge is -2.64. The normalized spacial score (nSPS) is 28.4. The summed E-state index contributed by atoms with van der Waals surface area (Å²) in [5.41, 5.74) is 4.35. The topological polar surface area (TPSA) is 53.0 Å². The van der Waals surface area contributed by atoms with E-state index >= 15 is 0 Å². The van der Waals surface area contributed by atoms with Crippen molar-refractivity contribution in [2.24, 2.45) is 5.92 Å². The van der Waals surface area contributed by atoms with E-state index in [1.165, 1.54) is 16.7 Å². The van der Waals surface area contributed by atoms with E-state index in [0.717, 1.165) is 49.2 Å². The summed E-state index contributed by atoms with van der Waals surface area (Å²) in [6, 6.07) is 24.9. The first-order valence-electron chi connectivity index (χ1n) is 16.0. The molecule has 2 aliphatic heterocycles. The van der Waals surface area contributed by atoms with Gasteiger partial charge in [-0.3, -0.25) is 9.69 Å². The van der Waals surface area contributed by atoms with Crippen LogP contribution in [0.3, 0.4) is 0 Å². The number of rotatable bonds is 6. The number of amides is 1. The van der Waals surface area contributed by atoms with Crippen LogP contribution in [0.1, 0.15) is 60.9 Å². The van der Waals surface area contributed by atoms with Crippen molar-refractivity contribution in [1.82, 2.24) is 9.80 Å². The molecule has 0 radical (unpaired) electrons. The van der Waals surface area contributed by atoms with Gasteiger partial charge in [0.25, 0.3) is 5.91 Å². The van der Waals surface area contributed by atoms with Gasteiger partial charge in [-0.2, -0.15) is 0 Å². The monoisotopic (exact) mass is 574 g/mol. The van der Waals surface area contributed by atoms with E-state index in [0.29, 0.717) is 19.4 Å². The summed E-state index contributed by atoms with van der Waals surface area (Å²) < 4.78 is 6.89. The number of aryl methyl sites for hydroxylation is 1. The van der Waals surface area contributed by atoms with E-state index in [9.17, 15) is 9.90 Å². The van der Waals surface area contributed by atoms with Crippen LogP contribution in [0.15, 0.2) is 72.8 Å². The number of nitrogens with zero attached hydrogens (tertiary/aromatic N) is 2. The minimum atomic E-state index is -0.914. The first kappa shape index (κ1) is 28.2. The Balaban J connectivity index is 1.24. The number of carbonyl (C=O) groups excluding carboxylic acids is 1. The molecule has 7 rings (SSSR count). The molecule has 4 aliphatic rings. The molecule has 3 aromatic rings. The molecule has 5 nitrogen and oxygen atoms in total. The van der Waals surface area contributed by atoms with E-state index in [1.54, 1.807) is 0 Å². The van der Waals surface area contributed by atoms with E-state index in [2.05, 4.69) is 79.1 Å². The molecule has 2 fully saturated rings. The second-order valence-electron chi connectivity index (χ2n) is 13.5. The number of likely N-dealkylation sites (tertiary alicyclic amines) is 1. The SMILES string of the molecule is Cc1cccc(C#CC(=O)N(CC(C)C)[C@H]2CC[C@@]3(O)[C@H]4Cc5cccc6c5[C@@]3(CCN4CCc3ccccc3)[C@H]2O6)c1. The van der Waals surface area contributed by atoms with Gasteiger partial charge in [-0.25, -0.2) is 0 Å². The van der Waals surface area contributed by atoms with Gasteiger partial charge in [0.05, 0.1) is 17.1 Å². The minimum absolute atomic E-state index is 0.0215. The predicted molar refractivity (Wildman–Crippen MR) is 169 cm³/mol. The predicted octanol–water partition coefficient (Wildman–Crippen LogP) is 5.30. The minimum Gasteiger partial charge on any atom is -0.487 e. The molecule has 2 bridgehead atoms. The molecule has 0 aromatic heterocycles. The molecule has 2 heterocycles. The molecule has 1 saturated carbocycles. The van der Waals surface area contributed by atoms with Gasteiger partial charge in [-0.1, -0.05) is 74.4 Å². The van der Waals surface area contributed by atoms with Crippen LogP contribution in [-0.2, 0) is 23.1 Å². The summed E-state index contributed by atoms with van der Waals surface area (Å²) in [5, 5.41) is 12.9. The van der Waals surface area contributed by atoms with Gasteiger partial charge in [0.1, 0.15) is 11.9 Å². The van der Waals surface area contributed by atoms with Crippen LogP contribution < -0.4 is 4.74 Å². The van der Waals surface area contributed by atoms with E-state index < -0.39 is 11.0 Å². The highest BCUT2D eigenvalue weighted by molar-refractivity contribution is 5.94. The average molecular weight is 575 g/mol. The third-order valence-electron chi connectivity index (χ3n) is 10.5. The van der Waals surface area contributed by atoms with Gasteiger partial charge in [-0.15, -0.1) is 0 Å². The van der Waals surface area contributed by atoms with Crippen LogP contribution in [0.4, 0.5) is 0 Å². The van der Waals surface area contributed by atoms with Gasteiger partial charge in [-0.05, 0) is 86.4 Å². The molecular weight excluding hydrogens is 532 g/mol. The molecule has 0 unspecified atom stereocenters. The molecule has 5 atom stereocenters. The maximum absolute atomic E-state index is 13.9. The lowest BCUT2D eigenvalue weighted by molar-refractivity contribution is -0.200. The summed E-state index contributed by atoms with van der Waals surface area (Å²) in [6.45, 7) is 8.77. The van der Waals surface area contributed by atoms with Gasteiger partial charge in [0.15, 0.2) is 0 Å². The number of carbonyl (C=O) groups is 1. The Morgan fingerprint density at radius 3 is 2.70 bits per heavy atom. The number of hydrogen-bond donors (Lipinski definition) is 1. The van der Waals surface area contributed by atoms with Crippen molar-refractivity contribution in [2.75, 3.05) is 19.6 Å². The van der Waals surface area contributed by atoms with Crippen LogP contribution in [0.25, 0.3) is 0 Å². The number of aliphatic hydroxyl groups is 1. The Kier molecular flexibility index (Phi) is 7.11.